The summed E-state index contributed by atoms with van der Waals surface area (Å²) in [5, 5.41) is 60.5. The highest BCUT2D eigenvalue weighted by Crippen LogP contribution is 2.47. The highest BCUT2D eigenvalue weighted by molar-refractivity contribution is 5.84. The lowest BCUT2D eigenvalue weighted by Crippen LogP contribution is -2.26. The molecule has 0 radical (unpaired) electrons. The van der Waals surface area contributed by atoms with Crippen LogP contribution in [0.25, 0.3) is 0 Å². The Kier molecular flexibility index (Phi) is 4.68. The molecule has 0 fully saturated rings. The summed E-state index contributed by atoms with van der Waals surface area (Å²) in [5.41, 5.74) is -1.94. The Balaban J connectivity index is 4.02. The molecule has 0 heterocycles. The fraction of sp³-hybridized carbons (Fsp3) is 0.500. The fourth-order valence-electron chi connectivity index (χ4n) is 2.47. The lowest BCUT2D eigenvalue weighted by molar-refractivity contribution is 0.0285. The van der Waals surface area contributed by atoms with Gasteiger partial charge in [-0.15, -0.1) is 5.23 Å². The van der Waals surface area contributed by atoms with Gasteiger partial charge in [0.05, 0.1) is 5.69 Å². The van der Waals surface area contributed by atoms with Crippen molar-refractivity contribution in [3.8, 4) is 0 Å². The molecule has 0 spiro atoms. The highest BCUT2D eigenvalue weighted by atomic mass is 16.8. The van der Waals surface area contributed by atoms with E-state index in [1.54, 1.807) is 20.8 Å². The molecule has 21 heavy (non-hydrogen) atoms. The van der Waals surface area contributed by atoms with Crippen molar-refractivity contribution in [3.63, 3.8) is 0 Å². The summed E-state index contributed by atoms with van der Waals surface area (Å²) in [4.78, 5) is 0. The van der Waals surface area contributed by atoms with Crippen molar-refractivity contribution in [1.29, 1.82) is 0 Å². The summed E-state index contributed by atoms with van der Waals surface area (Å²) < 4.78 is 0. The molecule has 3 N–H and O–H groups in total. The smallest absolute Gasteiger partial charge is 0.104 e. The average Bonchev–Trinajstić information content (AvgIpc) is 2.24. The van der Waals surface area contributed by atoms with Gasteiger partial charge >= 0.3 is 0 Å². The number of nitrogens with zero attached hydrogens (tertiary/aromatic N) is 3. The Labute approximate surface area is 121 Å². The van der Waals surface area contributed by atoms with E-state index in [4.69, 9.17) is 0 Å². The van der Waals surface area contributed by atoms with Crippen LogP contribution in [0.2, 0.25) is 0 Å². The molecule has 0 aliphatic carbocycles. The number of anilines is 3. The molecule has 0 atom stereocenters. The van der Waals surface area contributed by atoms with Crippen LogP contribution in [0.1, 0.15) is 37.5 Å². The SMILES string of the molecule is Cc1c(N([O-])[O-])c(C(C)(C)C)c(N([O-])O)c(C)c1N(O)O. The molecule has 1 rings (SSSR count). The van der Waals surface area contributed by atoms with Crippen LogP contribution in [0, 0.1) is 29.5 Å². The van der Waals surface area contributed by atoms with Gasteiger partial charge in [-0.3, -0.25) is 15.6 Å². The third-order valence-corrected chi connectivity index (χ3v) is 3.22. The first-order valence-corrected chi connectivity index (χ1v) is 6.07. The molecule has 0 bridgehead atoms. The first-order chi connectivity index (χ1) is 9.41. The monoisotopic (exact) mass is 300 g/mol. The van der Waals surface area contributed by atoms with E-state index in [0.717, 1.165) is 0 Å². The molecule has 0 aliphatic rings. The minimum atomic E-state index is -0.826. The number of hydrogen-bond donors (Lipinski definition) is 3. The van der Waals surface area contributed by atoms with Gasteiger partial charge in [-0.1, -0.05) is 20.8 Å². The second-order valence-corrected chi connectivity index (χ2v) is 5.74. The third kappa shape index (κ3) is 3.02. The van der Waals surface area contributed by atoms with Gasteiger partial charge in [0.15, 0.2) is 0 Å². The Morgan fingerprint density at radius 2 is 1.24 bits per heavy atom. The molecule has 0 saturated heterocycles. The molecule has 1 aromatic carbocycles. The minimum Gasteiger partial charge on any atom is -0.769 e. The molecule has 0 unspecified atom stereocenters. The van der Waals surface area contributed by atoms with Crippen LogP contribution < -0.4 is 15.7 Å². The van der Waals surface area contributed by atoms with Gasteiger partial charge in [0.2, 0.25) is 0 Å². The maximum absolute atomic E-state index is 11.5. The van der Waals surface area contributed by atoms with Gasteiger partial charge in [0.1, 0.15) is 5.69 Å². The second-order valence-electron chi connectivity index (χ2n) is 5.74. The normalized spacial score (nSPS) is 11.6. The molecular weight excluding hydrogens is 282 g/mol. The lowest BCUT2D eigenvalue weighted by atomic mass is 9.81. The first kappa shape index (κ1) is 17.4. The largest absolute Gasteiger partial charge is 0.769 e. The molecular formula is C12H18N3O6-3. The van der Waals surface area contributed by atoms with E-state index in [0.29, 0.717) is 0 Å². The van der Waals surface area contributed by atoms with E-state index in [2.05, 4.69) is 0 Å². The molecule has 0 aliphatic heterocycles. The lowest BCUT2D eigenvalue weighted by Gasteiger charge is -2.46. The maximum atomic E-state index is 11.5. The summed E-state index contributed by atoms with van der Waals surface area (Å²) >= 11 is 0. The molecule has 9 nitrogen and oxygen atoms in total. The topological polar surface area (TPSA) is 140 Å². The van der Waals surface area contributed by atoms with Crippen LogP contribution in [0.15, 0.2) is 0 Å². The summed E-state index contributed by atoms with van der Waals surface area (Å²) in [5.74, 6) is 0. The Hall–Kier alpha value is -1.62. The zero-order valence-corrected chi connectivity index (χ0v) is 12.4. The fourth-order valence-corrected chi connectivity index (χ4v) is 2.47. The zero-order valence-electron chi connectivity index (χ0n) is 12.4. The minimum absolute atomic E-state index is 0.0157. The molecule has 0 aromatic heterocycles. The van der Waals surface area contributed by atoms with Gasteiger partial charge in [-0.05, 0) is 24.8 Å². The Bertz CT molecular complexity index is 502. The van der Waals surface area contributed by atoms with E-state index < -0.39 is 21.6 Å². The van der Waals surface area contributed by atoms with E-state index in [1.165, 1.54) is 13.8 Å². The highest BCUT2D eigenvalue weighted by Gasteiger charge is 2.29. The van der Waals surface area contributed by atoms with E-state index >= 15 is 0 Å². The number of rotatable bonds is 3. The van der Waals surface area contributed by atoms with Crippen molar-refractivity contribution in [2.45, 2.75) is 40.0 Å². The molecule has 0 amide bonds. The molecule has 9 heteroatoms. The van der Waals surface area contributed by atoms with Gasteiger partial charge < -0.3 is 26.1 Å². The van der Waals surface area contributed by atoms with Gasteiger partial charge in [0, 0.05) is 16.8 Å². The summed E-state index contributed by atoms with van der Waals surface area (Å²) in [6, 6.07) is 0. The Morgan fingerprint density at radius 1 is 0.810 bits per heavy atom. The molecule has 120 valence electrons. The van der Waals surface area contributed by atoms with E-state index in [9.17, 15) is 31.2 Å². The number of benzene rings is 1. The van der Waals surface area contributed by atoms with Gasteiger partial charge in [-0.25, -0.2) is 0 Å². The third-order valence-electron chi connectivity index (χ3n) is 3.22. The quantitative estimate of drug-likeness (QED) is 0.718. The van der Waals surface area contributed by atoms with Crippen LogP contribution in [-0.4, -0.2) is 15.6 Å². The van der Waals surface area contributed by atoms with Crippen molar-refractivity contribution in [2.24, 2.45) is 0 Å². The van der Waals surface area contributed by atoms with E-state index in [1.807, 2.05) is 0 Å². The van der Waals surface area contributed by atoms with Crippen molar-refractivity contribution in [1.82, 2.24) is 0 Å². The number of hydrogen-bond acceptors (Lipinski definition) is 9. The van der Waals surface area contributed by atoms with Crippen LogP contribution in [0.3, 0.4) is 0 Å². The van der Waals surface area contributed by atoms with Crippen molar-refractivity contribution in [3.05, 3.63) is 32.3 Å². The average molecular weight is 300 g/mol. The van der Waals surface area contributed by atoms with Crippen molar-refractivity contribution in [2.75, 3.05) is 15.7 Å². The second kappa shape index (κ2) is 5.64. The predicted molar refractivity (Wildman–Crippen MR) is 77.5 cm³/mol. The van der Waals surface area contributed by atoms with Crippen LogP contribution >= 0.6 is 0 Å². The van der Waals surface area contributed by atoms with Gasteiger partial charge in [0.25, 0.3) is 0 Å². The van der Waals surface area contributed by atoms with Crippen LogP contribution in [-0.2, 0) is 5.41 Å². The van der Waals surface area contributed by atoms with Crippen molar-refractivity contribution < 1.29 is 15.6 Å². The van der Waals surface area contributed by atoms with Crippen LogP contribution in [0.4, 0.5) is 17.1 Å². The van der Waals surface area contributed by atoms with E-state index in [-0.39, 0.29) is 33.3 Å². The summed E-state index contributed by atoms with van der Waals surface area (Å²) in [6.07, 6.45) is 0. The first-order valence-electron chi connectivity index (χ1n) is 6.07. The van der Waals surface area contributed by atoms with Crippen LogP contribution in [0.5, 0.6) is 0 Å². The standard InChI is InChI=1S/C12H18N3O6/c1-6-9(13(16)17)7(2)11(15(20)21)8(12(3,4)5)10(6)14(18)19/h16-18H,1-5H3/q-3. The Morgan fingerprint density at radius 3 is 1.52 bits per heavy atom. The predicted octanol–water partition coefficient (Wildman–Crippen LogP) is 2.68. The summed E-state index contributed by atoms with van der Waals surface area (Å²) in [6.45, 7) is 7.65. The van der Waals surface area contributed by atoms with Crippen molar-refractivity contribution >= 4 is 17.1 Å². The zero-order chi connectivity index (χ0) is 16.7. The maximum Gasteiger partial charge on any atom is 0.104 e. The molecule has 1 aromatic rings. The molecule has 0 saturated carbocycles. The van der Waals surface area contributed by atoms with Gasteiger partial charge in [-0.2, -0.15) is 0 Å². The summed E-state index contributed by atoms with van der Waals surface area (Å²) in [7, 11) is 0.